The number of carbonyl (C=O) groups excluding carboxylic acids is 1. The Bertz CT molecular complexity index is 510. The highest BCUT2D eigenvalue weighted by Gasteiger charge is 2.32. The Hall–Kier alpha value is -0.870. The minimum atomic E-state index is 0.348. The molecule has 3 nitrogen and oxygen atoms in total. The SMILES string of the molecule is O=C(CCC1CCNCC1)N(Cc1cccc(Br)c1)C1CC1. The summed E-state index contributed by atoms with van der Waals surface area (Å²) in [6.07, 6.45) is 6.57. The number of benzene rings is 1. The van der Waals surface area contributed by atoms with Gasteiger partial charge in [-0.05, 0) is 68.8 Å². The van der Waals surface area contributed by atoms with Crippen LogP contribution in [0.2, 0.25) is 0 Å². The Labute approximate surface area is 141 Å². The van der Waals surface area contributed by atoms with Gasteiger partial charge in [-0.3, -0.25) is 4.79 Å². The van der Waals surface area contributed by atoms with Crippen LogP contribution < -0.4 is 5.32 Å². The van der Waals surface area contributed by atoms with E-state index in [2.05, 4.69) is 38.3 Å². The second kappa shape index (κ2) is 7.60. The van der Waals surface area contributed by atoms with Gasteiger partial charge in [0, 0.05) is 23.5 Å². The van der Waals surface area contributed by atoms with Crippen LogP contribution in [0.1, 0.15) is 44.1 Å². The van der Waals surface area contributed by atoms with Gasteiger partial charge in [0.15, 0.2) is 0 Å². The molecule has 120 valence electrons. The quantitative estimate of drug-likeness (QED) is 0.833. The molecule has 0 unspecified atom stereocenters. The molecule has 0 atom stereocenters. The minimum Gasteiger partial charge on any atom is -0.335 e. The van der Waals surface area contributed by atoms with Crippen molar-refractivity contribution < 1.29 is 4.79 Å². The summed E-state index contributed by atoms with van der Waals surface area (Å²) in [5.41, 5.74) is 1.22. The van der Waals surface area contributed by atoms with Crippen LogP contribution in [0.15, 0.2) is 28.7 Å². The number of hydrogen-bond acceptors (Lipinski definition) is 2. The lowest BCUT2D eigenvalue weighted by molar-refractivity contribution is -0.132. The summed E-state index contributed by atoms with van der Waals surface area (Å²) in [5, 5.41) is 3.39. The number of piperidine rings is 1. The third-order valence-corrected chi connectivity index (χ3v) is 5.27. The summed E-state index contributed by atoms with van der Waals surface area (Å²) in [7, 11) is 0. The van der Waals surface area contributed by atoms with Gasteiger partial charge in [0.1, 0.15) is 0 Å². The summed E-state index contributed by atoms with van der Waals surface area (Å²) in [5.74, 6) is 1.08. The predicted octanol–water partition coefficient (Wildman–Crippen LogP) is 3.72. The first-order valence-corrected chi connectivity index (χ1v) is 9.26. The van der Waals surface area contributed by atoms with E-state index >= 15 is 0 Å². The fraction of sp³-hybridized carbons (Fsp3) is 0.611. The van der Waals surface area contributed by atoms with E-state index in [4.69, 9.17) is 0 Å². The van der Waals surface area contributed by atoms with Crippen LogP contribution in [0.25, 0.3) is 0 Å². The molecule has 22 heavy (non-hydrogen) atoms. The number of carbonyl (C=O) groups is 1. The number of nitrogens with one attached hydrogen (secondary N) is 1. The van der Waals surface area contributed by atoms with Crippen LogP contribution in [0, 0.1) is 5.92 Å². The van der Waals surface area contributed by atoms with Crippen LogP contribution in [0.3, 0.4) is 0 Å². The minimum absolute atomic E-state index is 0.348. The zero-order chi connectivity index (χ0) is 15.4. The molecule has 0 spiro atoms. The van der Waals surface area contributed by atoms with Crippen molar-refractivity contribution >= 4 is 21.8 Å². The van der Waals surface area contributed by atoms with Crippen molar-refractivity contribution in [2.75, 3.05) is 13.1 Å². The van der Waals surface area contributed by atoms with Crippen molar-refractivity contribution in [3.8, 4) is 0 Å². The maximum Gasteiger partial charge on any atom is 0.223 e. The van der Waals surface area contributed by atoms with Gasteiger partial charge in [0.05, 0.1) is 0 Å². The molecule has 1 aromatic carbocycles. The van der Waals surface area contributed by atoms with E-state index in [0.29, 0.717) is 11.9 Å². The van der Waals surface area contributed by atoms with E-state index in [0.717, 1.165) is 42.9 Å². The maximum atomic E-state index is 12.7. The topological polar surface area (TPSA) is 32.3 Å². The van der Waals surface area contributed by atoms with Crippen molar-refractivity contribution in [1.29, 1.82) is 0 Å². The van der Waals surface area contributed by atoms with E-state index < -0.39 is 0 Å². The average molecular weight is 365 g/mol. The molecule has 1 aliphatic carbocycles. The first-order chi connectivity index (χ1) is 10.7. The largest absolute Gasteiger partial charge is 0.335 e. The number of hydrogen-bond donors (Lipinski definition) is 1. The Kier molecular flexibility index (Phi) is 5.53. The summed E-state index contributed by atoms with van der Waals surface area (Å²) < 4.78 is 1.09. The van der Waals surface area contributed by atoms with E-state index in [1.165, 1.54) is 31.2 Å². The molecule has 1 amide bonds. The molecule has 2 aliphatic rings. The van der Waals surface area contributed by atoms with E-state index in [-0.39, 0.29) is 0 Å². The van der Waals surface area contributed by atoms with Gasteiger partial charge in [-0.25, -0.2) is 0 Å². The van der Waals surface area contributed by atoms with Crippen LogP contribution in [-0.4, -0.2) is 29.9 Å². The molecule has 4 heteroatoms. The molecule has 0 radical (unpaired) electrons. The first kappa shape index (κ1) is 16.0. The van der Waals surface area contributed by atoms with Gasteiger partial charge in [-0.2, -0.15) is 0 Å². The van der Waals surface area contributed by atoms with Gasteiger partial charge >= 0.3 is 0 Å². The van der Waals surface area contributed by atoms with Crippen LogP contribution in [0.5, 0.6) is 0 Å². The molecule has 3 rings (SSSR count). The molecule has 1 aromatic rings. The monoisotopic (exact) mass is 364 g/mol. The van der Waals surface area contributed by atoms with E-state index in [9.17, 15) is 4.79 Å². The molecule has 1 heterocycles. The summed E-state index contributed by atoms with van der Waals surface area (Å²) in [6.45, 7) is 2.99. The number of rotatable bonds is 6. The predicted molar refractivity (Wildman–Crippen MR) is 92.5 cm³/mol. The first-order valence-electron chi connectivity index (χ1n) is 8.47. The van der Waals surface area contributed by atoms with Gasteiger partial charge in [0.2, 0.25) is 5.91 Å². The smallest absolute Gasteiger partial charge is 0.223 e. The lowest BCUT2D eigenvalue weighted by atomic mass is 9.93. The van der Waals surface area contributed by atoms with Crippen molar-refractivity contribution in [1.82, 2.24) is 10.2 Å². The zero-order valence-electron chi connectivity index (χ0n) is 13.1. The summed E-state index contributed by atoms with van der Waals surface area (Å²) in [4.78, 5) is 14.8. The number of halogens is 1. The summed E-state index contributed by atoms with van der Waals surface area (Å²) in [6, 6.07) is 8.79. The van der Waals surface area contributed by atoms with Crippen molar-refractivity contribution in [3.63, 3.8) is 0 Å². The molecule has 1 N–H and O–H groups in total. The third kappa shape index (κ3) is 4.56. The van der Waals surface area contributed by atoms with Gasteiger partial charge < -0.3 is 10.2 Å². The Morgan fingerprint density at radius 1 is 1.23 bits per heavy atom. The second-order valence-corrected chi connectivity index (χ2v) is 7.53. The molecule has 0 bridgehead atoms. The summed E-state index contributed by atoms with van der Waals surface area (Å²) >= 11 is 3.52. The fourth-order valence-corrected chi connectivity index (χ4v) is 3.73. The Morgan fingerprint density at radius 2 is 2.00 bits per heavy atom. The maximum absolute atomic E-state index is 12.7. The molecule has 1 aliphatic heterocycles. The van der Waals surface area contributed by atoms with Crippen molar-refractivity contribution in [3.05, 3.63) is 34.3 Å². The molecular formula is C18H25BrN2O. The van der Waals surface area contributed by atoms with Gasteiger partial charge in [-0.15, -0.1) is 0 Å². The Morgan fingerprint density at radius 3 is 2.68 bits per heavy atom. The standard InChI is InChI=1S/C18H25BrN2O/c19-16-3-1-2-15(12-16)13-21(17-5-6-17)18(22)7-4-14-8-10-20-11-9-14/h1-3,12,14,17,20H,4-11,13H2. The molecular weight excluding hydrogens is 340 g/mol. The van der Waals surface area contributed by atoms with Crippen molar-refractivity contribution in [2.45, 2.75) is 51.1 Å². The molecule has 0 aromatic heterocycles. The normalized spacial score (nSPS) is 19.1. The molecule has 2 fully saturated rings. The highest BCUT2D eigenvalue weighted by molar-refractivity contribution is 9.10. The van der Waals surface area contributed by atoms with Crippen LogP contribution in [-0.2, 0) is 11.3 Å². The molecule has 1 saturated carbocycles. The zero-order valence-corrected chi connectivity index (χ0v) is 14.6. The highest BCUT2D eigenvalue weighted by Crippen LogP contribution is 2.30. The lowest BCUT2D eigenvalue weighted by Gasteiger charge is -2.26. The van der Waals surface area contributed by atoms with Crippen LogP contribution >= 0.6 is 15.9 Å². The number of amides is 1. The fourth-order valence-electron chi connectivity index (χ4n) is 3.28. The lowest BCUT2D eigenvalue weighted by Crippen LogP contribution is -2.33. The molecule has 1 saturated heterocycles. The average Bonchev–Trinajstić information content (AvgIpc) is 3.36. The van der Waals surface area contributed by atoms with Crippen molar-refractivity contribution in [2.24, 2.45) is 5.92 Å². The Balaban J connectivity index is 1.55. The van der Waals surface area contributed by atoms with Gasteiger partial charge in [0.25, 0.3) is 0 Å². The van der Waals surface area contributed by atoms with E-state index in [1.807, 2.05) is 12.1 Å². The highest BCUT2D eigenvalue weighted by atomic mass is 79.9. The third-order valence-electron chi connectivity index (χ3n) is 4.78. The van der Waals surface area contributed by atoms with Gasteiger partial charge in [-0.1, -0.05) is 28.1 Å². The van der Waals surface area contributed by atoms with Crippen LogP contribution in [0.4, 0.5) is 0 Å². The van der Waals surface area contributed by atoms with E-state index in [1.54, 1.807) is 0 Å². The number of nitrogens with zero attached hydrogens (tertiary/aromatic N) is 1. The second-order valence-electron chi connectivity index (χ2n) is 6.61.